The van der Waals surface area contributed by atoms with E-state index in [1.807, 2.05) is 30.5 Å². The zero-order valence-electron chi connectivity index (χ0n) is 17.5. The number of halogens is 2. The fraction of sp³-hybridized carbons (Fsp3) is 0.120. The van der Waals surface area contributed by atoms with Crippen molar-refractivity contribution in [1.82, 2.24) is 14.8 Å². The quantitative estimate of drug-likeness (QED) is 0.390. The molecule has 0 radical (unpaired) electrons. The molecule has 3 heterocycles. The molecule has 0 amide bonds. The number of nitrogens with one attached hydrogen (secondary N) is 1. The first-order valence-corrected chi connectivity index (χ1v) is 11.6. The van der Waals surface area contributed by atoms with Gasteiger partial charge in [0.1, 0.15) is 23.4 Å². The van der Waals surface area contributed by atoms with Crippen LogP contribution in [0.5, 0.6) is 5.75 Å². The molecule has 2 aliphatic heterocycles. The Balaban J connectivity index is 1.65. The third-order valence-corrected chi connectivity index (χ3v) is 6.45. The molecule has 164 valence electrons. The van der Waals surface area contributed by atoms with Gasteiger partial charge in [-0.25, -0.2) is 13.5 Å². The van der Waals surface area contributed by atoms with Crippen LogP contribution in [0.25, 0.3) is 5.70 Å². The molecule has 8 heteroatoms. The molecule has 1 aromatic heterocycles. The van der Waals surface area contributed by atoms with E-state index in [1.54, 1.807) is 35.0 Å². The van der Waals surface area contributed by atoms with Crippen molar-refractivity contribution in [3.8, 4) is 5.75 Å². The van der Waals surface area contributed by atoms with E-state index < -0.39 is 12.1 Å². The Morgan fingerprint density at radius 3 is 2.52 bits per heavy atom. The van der Waals surface area contributed by atoms with E-state index >= 15 is 4.39 Å². The first-order valence-electron chi connectivity index (χ1n) is 10.4. The molecule has 0 fully saturated rings. The Labute approximate surface area is 193 Å². The lowest BCUT2D eigenvalue weighted by atomic mass is 9.84. The van der Waals surface area contributed by atoms with Crippen LogP contribution in [0, 0.1) is 11.6 Å². The highest BCUT2D eigenvalue weighted by atomic mass is 32.2. The Hall–Kier alpha value is -3.65. The summed E-state index contributed by atoms with van der Waals surface area (Å²) in [5.74, 6) is 0.520. The van der Waals surface area contributed by atoms with Crippen molar-refractivity contribution in [2.75, 3.05) is 11.6 Å². The highest BCUT2D eigenvalue weighted by Crippen LogP contribution is 2.51. The highest BCUT2D eigenvalue weighted by molar-refractivity contribution is 7.98. The summed E-state index contributed by atoms with van der Waals surface area (Å²) in [6, 6.07) is 20.0. The van der Waals surface area contributed by atoms with E-state index in [1.165, 1.54) is 30.0 Å². The second kappa shape index (κ2) is 7.74. The van der Waals surface area contributed by atoms with Crippen LogP contribution < -0.4 is 10.1 Å². The van der Waals surface area contributed by atoms with Crippen molar-refractivity contribution in [3.63, 3.8) is 0 Å². The Kier molecular flexibility index (Phi) is 4.69. The van der Waals surface area contributed by atoms with Crippen LogP contribution in [0.15, 0.2) is 83.5 Å². The molecule has 33 heavy (non-hydrogen) atoms. The van der Waals surface area contributed by atoms with Gasteiger partial charge in [0.15, 0.2) is 6.10 Å². The van der Waals surface area contributed by atoms with E-state index in [0.29, 0.717) is 22.4 Å². The summed E-state index contributed by atoms with van der Waals surface area (Å²) in [7, 11) is 0. The van der Waals surface area contributed by atoms with Crippen LogP contribution in [0.1, 0.15) is 28.8 Å². The maximum absolute atomic E-state index is 15.0. The third-order valence-electron chi connectivity index (χ3n) is 5.92. The maximum atomic E-state index is 15.0. The minimum Gasteiger partial charge on any atom is -0.480 e. The largest absolute Gasteiger partial charge is 0.480 e. The average molecular weight is 461 g/mol. The van der Waals surface area contributed by atoms with Gasteiger partial charge in [0.05, 0.1) is 5.70 Å². The number of aromatic nitrogens is 3. The summed E-state index contributed by atoms with van der Waals surface area (Å²) < 4.78 is 37.0. The van der Waals surface area contributed by atoms with E-state index in [2.05, 4.69) is 15.4 Å². The Bertz CT molecular complexity index is 1400. The number of hydrogen-bond acceptors (Lipinski definition) is 5. The third kappa shape index (κ3) is 3.21. The van der Waals surface area contributed by atoms with E-state index in [0.717, 1.165) is 22.4 Å². The van der Waals surface area contributed by atoms with Crippen molar-refractivity contribution in [2.45, 2.75) is 17.3 Å². The standard InChI is InChI=1S/C25H18F2N4OS/c1-33-25-29-24-28-21-17-7-3-5-9-19(17)32-23(16-6-2-4-8-18(16)27)20(21)22(31(24)30-25)14-10-12-15(26)13-11-14/h2-13,22-23H,1H3,(H,28,29,30)/t22-,23+/m1/s1. The average Bonchev–Trinajstić information content (AvgIpc) is 3.26. The molecule has 5 nitrogen and oxygen atoms in total. The molecule has 0 bridgehead atoms. The molecule has 2 atom stereocenters. The second-order valence-electron chi connectivity index (χ2n) is 7.79. The van der Waals surface area contributed by atoms with Gasteiger partial charge in [-0.05, 0) is 42.2 Å². The fourth-order valence-electron chi connectivity index (χ4n) is 4.46. The summed E-state index contributed by atoms with van der Waals surface area (Å²) in [5.41, 5.74) is 3.66. The van der Waals surface area contributed by atoms with Crippen molar-refractivity contribution in [2.24, 2.45) is 0 Å². The van der Waals surface area contributed by atoms with Crippen molar-refractivity contribution in [1.29, 1.82) is 0 Å². The number of fused-ring (bicyclic) bond motifs is 3. The van der Waals surface area contributed by atoms with Crippen LogP contribution >= 0.6 is 11.8 Å². The molecule has 0 unspecified atom stereocenters. The molecule has 0 saturated carbocycles. The fourth-order valence-corrected chi connectivity index (χ4v) is 4.80. The molecule has 6 rings (SSSR count). The molecule has 1 N–H and O–H groups in total. The predicted octanol–water partition coefficient (Wildman–Crippen LogP) is 5.84. The number of nitrogens with zero attached hydrogens (tertiary/aromatic N) is 3. The SMILES string of the molecule is CSc1nc2n(n1)[C@H](c1ccc(F)cc1)C1=C(N2)c2ccccc2O[C@H]1c1ccccc1F. The number of anilines is 1. The number of para-hydroxylation sites is 1. The Morgan fingerprint density at radius 2 is 1.73 bits per heavy atom. The van der Waals surface area contributed by atoms with Gasteiger partial charge in [-0.15, -0.1) is 5.10 Å². The van der Waals surface area contributed by atoms with Crippen LogP contribution in [-0.4, -0.2) is 21.0 Å². The van der Waals surface area contributed by atoms with E-state index in [-0.39, 0.29) is 11.6 Å². The molecular formula is C25H18F2N4OS. The first-order chi connectivity index (χ1) is 16.1. The van der Waals surface area contributed by atoms with Gasteiger partial charge in [-0.2, -0.15) is 4.98 Å². The van der Waals surface area contributed by atoms with Gasteiger partial charge < -0.3 is 10.1 Å². The van der Waals surface area contributed by atoms with Crippen molar-refractivity contribution in [3.05, 3.63) is 107 Å². The van der Waals surface area contributed by atoms with Gasteiger partial charge >= 0.3 is 0 Å². The molecule has 0 saturated heterocycles. The summed E-state index contributed by atoms with van der Waals surface area (Å²) in [5, 5.41) is 8.69. The smallest absolute Gasteiger partial charge is 0.227 e. The van der Waals surface area contributed by atoms with Gasteiger partial charge in [0, 0.05) is 16.7 Å². The van der Waals surface area contributed by atoms with Crippen LogP contribution in [-0.2, 0) is 0 Å². The maximum Gasteiger partial charge on any atom is 0.227 e. The number of hydrogen-bond donors (Lipinski definition) is 1. The van der Waals surface area contributed by atoms with Gasteiger partial charge in [-0.3, -0.25) is 0 Å². The topological polar surface area (TPSA) is 52.0 Å². The minimum atomic E-state index is -0.714. The highest BCUT2D eigenvalue weighted by Gasteiger charge is 2.42. The Morgan fingerprint density at radius 1 is 0.970 bits per heavy atom. The monoisotopic (exact) mass is 460 g/mol. The summed E-state index contributed by atoms with van der Waals surface area (Å²) in [6.07, 6.45) is 1.19. The predicted molar refractivity (Wildman–Crippen MR) is 123 cm³/mol. The van der Waals surface area contributed by atoms with Crippen molar-refractivity contribution < 1.29 is 13.5 Å². The number of benzene rings is 3. The summed E-state index contributed by atoms with van der Waals surface area (Å²) >= 11 is 1.43. The molecule has 4 aromatic rings. The lowest BCUT2D eigenvalue weighted by Crippen LogP contribution is -2.32. The van der Waals surface area contributed by atoms with Crippen LogP contribution in [0.2, 0.25) is 0 Å². The second-order valence-corrected chi connectivity index (χ2v) is 8.57. The molecular weight excluding hydrogens is 442 g/mol. The van der Waals surface area contributed by atoms with Crippen LogP contribution in [0.3, 0.4) is 0 Å². The summed E-state index contributed by atoms with van der Waals surface area (Å²) in [4.78, 5) is 4.62. The zero-order chi connectivity index (χ0) is 22.5. The zero-order valence-corrected chi connectivity index (χ0v) is 18.3. The van der Waals surface area contributed by atoms with Gasteiger partial charge in [0.25, 0.3) is 0 Å². The summed E-state index contributed by atoms with van der Waals surface area (Å²) in [6.45, 7) is 0. The lowest BCUT2D eigenvalue weighted by molar-refractivity contribution is 0.218. The normalized spacial score (nSPS) is 18.6. The molecule has 3 aromatic carbocycles. The van der Waals surface area contributed by atoms with Crippen molar-refractivity contribution >= 4 is 23.4 Å². The van der Waals surface area contributed by atoms with E-state index in [9.17, 15) is 4.39 Å². The first kappa shape index (κ1) is 20.0. The minimum absolute atomic E-state index is 0.332. The molecule has 0 aliphatic carbocycles. The number of rotatable bonds is 3. The van der Waals surface area contributed by atoms with Crippen LogP contribution in [0.4, 0.5) is 14.7 Å². The van der Waals surface area contributed by atoms with Gasteiger partial charge in [-0.1, -0.05) is 54.2 Å². The number of ether oxygens (including phenoxy) is 1. The molecule has 2 aliphatic rings. The molecule has 0 spiro atoms. The number of thioether (sulfide) groups is 1. The lowest BCUT2D eigenvalue weighted by Gasteiger charge is -2.38. The van der Waals surface area contributed by atoms with Gasteiger partial charge in [0.2, 0.25) is 11.1 Å². The van der Waals surface area contributed by atoms with E-state index in [4.69, 9.17) is 4.74 Å².